The van der Waals surface area contributed by atoms with Crippen LogP contribution in [0.5, 0.6) is 5.75 Å². The summed E-state index contributed by atoms with van der Waals surface area (Å²) in [7, 11) is 1.70. The van der Waals surface area contributed by atoms with Crippen LogP contribution in [0.1, 0.15) is 30.0 Å². The number of hydrogen-bond donors (Lipinski definition) is 1. The van der Waals surface area contributed by atoms with Crippen molar-refractivity contribution in [3.8, 4) is 5.75 Å². The quantitative estimate of drug-likeness (QED) is 0.817. The van der Waals surface area contributed by atoms with Gasteiger partial charge in [-0.1, -0.05) is 23.7 Å². The molecule has 1 saturated carbocycles. The summed E-state index contributed by atoms with van der Waals surface area (Å²) in [5.74, 6) is 1.61. The Morgan fingerprint density at radius 2 is 1.86 bits per heavy atom. The first-order valence-electron chi connectivity index (χ1n) is 7.34. The van der Waals surface area contributed by atoms with Crippen LogP contribution in [0.4, 0.5) is 5.69 Å². The van der Waals surface area contributed by atoms with Gasteiger partial charge in [-0.05, 0) is 67.1 Å². The molecule has 0 bridgehead atoms. The van der Waals surface area contributed by atoms with E-state index in [1.165, 1.54) is 29.7 Å². The van der Waals surface area contributed by atoms with Gasteiger partial charge in [-0.15, -0.1) is 0 Å². The molecule has 0 radical (unpaired) electrons. The third-order valence-electron chi connectivity index (χ3n) is 4.07. The molecule has 0 aliphatic heterocycles. The molecule has 1 aliphatic carbocycles. The highest BCUT2D eigenvalue weighted by Gasteiger charge is 2.32. The van der Waals surface area contributed by atoms with Crippen LogP contribution >= 0.6 is 11.6 Å². The van der Waals surface area contributed by atoms with Crippen molar-refractivity contribution in [3.63, 3.8) is 0 Å². The maximum atomic E-state index is 6.00. The van der Waals surface area contributed by atoms with Gasteiger partial charge in [0.25, 0.3) is 0 Å². The minimum absolute atomic E-state index is 0.356. The summed E-state index contributed by atoms with van der Waals surface area (Å²) < 4.78 is 5.27. The van der Waals surface area contributed by atoms with Crippen molar-refractivity contribution in [1.29, 1.82) is 0 Å². The molecule has 110 valence electrons. The van der Waals surface area contributed by atoms with E-state index in [9.17, 15) is 0 Å². The van der Waals surface area contributed by atoms with Crippen molar-refractivity contribution >= 4 is 17.3 Å². The first-order chi connectivity index (χ1) is 10.2. The van der Waals surface area contributed by atoms with E-state index in [1.54, 1.807) is 7.11 Å². The predicted molar refractivity (Wildman–Crippen MR) is 88.3 cm³/mol. The maximum absolute atomic E-state index is 6.00. The number of nitrogens with one attached hydrogen (secondary N) is 1. The summed E-state index contributed by atoms with van der Waals surface area (Å²) in [5.41, 5.74) is 3.67. The van der Waals surface area contributed by atoms with Crippen LogP contribution in [0.3, 0.4) is 0 Å². The average molecular weight is 302 g/mol. The van der Waals surface area contributed by atoms with Crippen molar-refractivity contribution in [1.82, 2.24) is 0 Å². The molecule has 0 saturated heterocycles. The Bertz CT molecular complexity index is 620. The molecule has 0 spiro atoms. The first kappa shape index (κ1) is 14.3. The van der Waals surface area contributed by atoms with Crippen molar-refractivity contribution in [2.75, 3.05) is 12.4 Å². The van der Waals surface area contributed by atoms with Crippen LogP contribution in [0.15, 0.2) is 42.5 Å². The Kier molecular flexibility index (Phi) is 4.07. The van der Waals surface area contributed by atoms with E-state index < -0.39 is 0 Å². The minimum atomic E-state index is 0.356. The Hall–Kier alpha value is -1.67. The van der Waals surface area contributed by atoms with Gasteiger partial charge in [0.15, 0.2) is 0 Å². The molecule has 1 aliphatic rings. The van der Waals surface area contributed by atoms with E-state index in [-0.39, 0.29) is 0 Å². The average Bonchev–Trinajstić information content (AvgIpc) is 3.32. The number of aryl methyl sites for hydroxylation is 1. The Morgan fingerprint density at radius 3 is 2.43 bits per heavy atom. The molecule has 2 nitrogen and oxygen atoms in total. The fourth-order valence-corrected chi connectivity index (χ4v) is 2.79. The van der Waals surface area contributed by atoms with E-state index in [2.05, 4.69) is 36.5 Å². The number of benzene rings is 2. The highest BCUT2D eigenvalue weighted by Crippen LogP contribution is 2.43. The summed E-state index contributed by atoms with van der Waals surface area (Å²) >= 11 is 6.00. The number of rotatable bonds is 5. The van der Waals surface area contributed by atoms with Gasteiger partial charge in [0, 0.05) is 10.7 Å². The third-order valence-corrected chi connectivity index (χ3v) is 4.32. The van der Waals surface area contributed by atoms with Crippen molar-refractivity contribution in [3.05, 3.63) is 58.6 Å². The van der Waals surface area contributed by atoms with Gasteiger partial charge >= 0.3 is 0 Å². The lowest BCUT2D eigenvalue weighted by atomic mass is 10.0. The molecule has 1 N–H and O–H groups in total. The zero-order valence-corrected chi connectivity index (χ0v) is 13.2. The summed E-state index contributed by atoms with van der Waals surface area (Å²) in [4.78, 5) is 0. The first-order valence-corrected chi connectivity index (χ1v) is 7.72. The molecule has 21 heavy (non-hydrogen) atoms. The monoisotopic (exact) mass is 301 g/mol. The van der Waals surface area contributed by atoms with Gasteiger partial charge in [0.2, 0.25) is 0 Å². The van der Waals surface area contributed by atoms with Gasteiger partial charge in [0.1, 0.15) is 5.75 Å². The Balaban J connectivity index is 1.84. The van der Waals surface area contributed by atoms with E-state index >= 15 is 0 Å². The van der Waals surface area contributed by atoms with E-state index in [4.69, 9.17) is 16.3 Å². The molecule has 1 atom stereocenters. The van der Waals surface area contributed by atoms with E-state index in [0.29, 0.717) is 12.0 Å². The normalized spacial score (nSPS) is 15.6. The van der Waals surface area contributed by atoms with Crippen LogP contribution in [-0.4, -0.2) is 7.11 Å². The molecule has 1 fully saturated rings. The van der Waals surface area contributed by atoms with Gasteiger partial charge in [-0.2, -0.15) is 0 Å². The fourth-order valence-electron chi connectivity index (χ4n) is 2.67. The van der Waals surface area contributed by atoms with Gasteiger partial charge in [-0.3, -0.25) is 0 Å². The van der Waals surface area contributed by atoms with E-state index in [1.807, 2.05) is 18.2 Å². The van der Waals surface area contributed by atoms with Gasteiger partial charge in [-0.25, -0.2) is 0 Å². The van der Waals surface area contributed by atoms with Crippen LogP contribution in [0.25, 0.3) is 0 Å². The number of ether oxygens (including phenoxy) is 1. The molecule has 0 aromatic heterocycles. The molecule has 0 amide bonds. The predicted octanol–water partition coefficient (Wildman–Crippen LogP) is 5.22. The summed E-state index contributed by atoms with van der Waals surface area (Å²) in [6, 6.07) is 14.7. The van der Waals surface area contributed by atoms with Crippen LogP contribution < -0.4 is 10.1 Å². The second kappa shape index (κ2) is 5.98. The molecular formula is C18H20ClNO. The second-order valence-electron chi connectivity index (χ2n) is 5.69. The van der Waals surface area contributed by atoms with Crippen molar-refractivity contribution in [2.24, 2.45) is 5.92 Å². The minimum Gasteiger partial charge on any atom is -0.497 e. The highest BCUT2D eigenvalue weighted by molar-refractivity contribution is 6.30. The Labute approximate surface area is 131 Å². The molecule has 0 heterocycles. The standard InChI is InChI=1S/C18H20ClNO/c1-12-11-16(21-2)9-10-17(12)20-18(13-3-4-13)14-5-7-15(19)8-6-14/h5-11,13,18,20H,3-4H2,1-2H3. The lowest BCUT2D eigenvalue weighted by Crippen LogP contribution is -2.13. The molecule has 2 aromatic carbocycles. The van der Waals surface area contributed by atoms with Crippen LogP contribution in [0.2, 0.25) is 5.02 Å². The van der Waals surface area contributed by atoms with Crippen LogP contribution in [0, 0.1) is 12.8 Å². The van der Waals surface area contributed by atoms with Crippen molar-refractivity contribution in [2.45, 2.75) is 25.8 Å². The van der Waals surface area contributed by atoms with Gasteiger partial charge in [0.05, 0.1) is 13.2 Å². The zero-order valence-electron chi connectivity index (χ0n) is 12.4. The lowest BCUT2D eigenvalue weighted by Gasteiger charge is -2.22. The van der Waals surface area contributed by atoms with Crippen LogP contribution in [-0.2, 0) is 0 Å². The molecule has 1 unspecified atom stereocenters. The third kappa shape index (κ3) is 3.33. The summed E-state index contributed by atoms with van der Waals surface area (Å²) in [6.45, 7) is 2.11. The number of methoxy groups -OCH3 is 1. The number of halogens is 1. The topological polar surface area (TPSA) is 21.3 Å². The number of hydrogen-bond acceptors (Lipinski definition) is 2. The highest BCUT2D eigenvalue weighted by atomic mass is 35.5. The lowest BCUT2D eigenvalue weighted by molar-refractivity contribution is 0.414. The molecule has 3 rings (SSSR count). The summed E-state index contributed by atoms with van der Waals surface area (Å²) in [5, 5.41) is 4.48. The second-order valence-corrected chi connectivity index (χ2v) is 6.13. The van der Waals surface area contributed by atoms with Crippen molar-refractivity contribution < 1.29 is 4.74 Å². The maximum Gasteiger partial charge on any atom is 0.119 e. The van der Waals surface area contributed by atoms with E-state index in [0.717, 1.165) is 10.8 Å². The SMILES string of the molecule is COc1ccc(NC(c2ccc(Cl)cc2)C2CC2)c(C)c1. The van der Waals surface area contributed by atoms with Gasteiger partial charge < -0.3 is 10.1 Å². The summed E-state index contributed by atoms with van der Waals surface area (Å²) in [6.07, 6.45) is 2.57. The Morgan fingerprint density at radius 1 is 1.14 bits per heavy atom. The zero-order chi connectivity index (χ0) is 14.8. The fraction of sp³-hybridized carbons (Fsp3) is 0.333. The largest absolute Gasteiger partial charge is 0.497 e. The molecule has 3 heteroatoms. The molecular weight excluding hydrogens is 282 g/mol. The smallest absolute Gasteiger partial charge is 0.119 e. The number of anilines is 1. The molecule has 2 aromatic rings.